The highest BCUT2D eigenvalue weighted by atomic mass is 16.4. The fourth-order valence-electron chi connectivity index (χ4n) is 3.65. The highest BCUT2D eigenvalue weighted by molar-refractivity contribution is 5.98. The minimum atomic E-state index is -1.36. The Morgan fingerprint density at radius 1 is 0.973 bits per heavy atom. The van der Waals surface area contributed by atoms with Crippen molar-refractivity contribution >= 4 is 29.5 Å². The number of urea groups is 1. The third kappa shape index (κ3) is 8.20. The summed E-state index contributed by atoms with van der Waals surface area (Å²) in [7, 11) is 0. The second-order valence-corrected chi connectivity index (χ2v) is 8.36. The van der Waals surface area contributed by atoms with E-state index < -0.39 is 23.9 Å². The lowest BCUT2D eigenvalue weighted by Gasteiger charge is -2.17. The van der Waals surface area contributed by atoms with E-state index in [2.05, 4.69) is 31.2 Å². The van der Waals surface area contributed by atoms with Crippen molar-refractivity contribution < 1.29 is 24.6 Å². The number of amides is 3. The molecule has 1 aromatic heterocycles. The number of nitrogens with one attached hydrogen (secondary N) is 4. The zero-order valence-corrected chi connectivity index (χ0v) is 20.6. The molecule has 11 nitrogen and oxygen atoms in total. The van der Waals surface area contributed by atoms with Crippen molar-refractivity contribution in [3.05, 3.63) is 77.1 Å². The van der Waals surface area contributed by atoms with Crippen molar-refractivity contribution in [3.8, 4) is 5.75 Å². The predicted molar refractivity (Wildman–Crippen MR) is 139 cm³/mol. The summed E-state index contributed by atoms with van der Waals surface area (Å²) in [6, 6.07) is 13.8. The number of nitrogens with zero attached hydrogens (tertiary/aromatic N) is 2. The highest BCUT2D eigenvalue weighted by Crippen LogP contribution is 2.15. The molecule has 0 radical (unpaired) electrons. The molecule has 0 saturated heterocycles. The number of carboxylic acid groups (broad SMARTS) is 1. The molecule has 1 atom stereocenters. The average molecular weight is 507 g/mol. The molecule has 0 aliphatic carbocycles. The van der Waals surface area contributed by atoms with Gasteiger partial charge in [-0.1, -0.05) is 30.3 Å². The Labute approximate surface area is 214 Å². The summed E-state index contributed by atoms with van der Waals surface area (Å²) in [6.07, 6.45) is 1.53. The first-order valence-electron chi connectivity index (χ1n) is 11.7. The number of para-hydroxylation sites is 1. The molecular formula is C26H30N6O5. The van der Waals surface area contributed by atoms with Crippen LogP contribution in [0.1, 0.15) is 33.7 Å². The third-order valence-electron chi connectivity index (χ3n) is 5.44. The summed E-state index contributed by atoms with van der Waals surface area (Å²) in [5.41, 5.74) is 2.51. The number of aliphatic carboxylic acids is 1. The van der Waals surface area contributed by atoms with Gasteiger partial charge in [-0.05, 0) is 56.5 Å². The molecule has 3 aromatic rings. The van der Waals surface area contributed by atoms with E-state index in [-0.39, 0.29) is 17.9 Å². The number of hydrogen-bond acceptors (Lipinski definition) is 7. The van der Waals surface area contributed by atoms with Crippen LogP contribution in [0.5, 0.6) is 5.75 Å². The van der Waals surface area contributed by atoms with Crippen molar-refractivity contribution in [2.45, 2.75) is 32.7 Å². The van der Waals surface area contributed by atoms with Crippen molar-refractivity contribution in [1.82, 2.24) is 20.6 Å². The van der Waals surface area contributed by atoms with Crippen LogP contribution in [-0.4, -0.2) is 57.2 Å². The fraction of sp³-hybridized carbons (Fsp3) is 0.269. The van der Waals surface area contributed by atoms with Crippen LogP contribution in [0, 0.1) is 13.8 Å². The maximum Gasteiger partial charge on any atom is 0.328 e. The van der Waals surface area contributed by atoms with Gasteiger partial charge >= 0.3 is 12.0 Å². The molecule has 0 saturated carbocycles. The standard InChI is InChI=1S/C26H30N6O5/c1-16-22(17(2)30-25(29-16)27-13-7-9-18-8-6-12-20(33)14-18)23(34)32-21(24(35)36)15-28-26(37)31-19-10-4-3-5-11-19/h3-6,8,10-12,14,21,33H,7,9,13,15H2,1-2H3,(H,32,34)(H,35,36)(H,27,29,30)(H2,28,31,37). The molecule has 37 heavy (non-hydrogen) atoms. The zero-order valence-electron chi connectivity index (χ0n) is 20.6. The predicted octanol–water partition coefficient (Wildman–Crippen LogP) is 2.85. The lowest BCUT2D eigenvalue weighted by atomic mass is 10.1. The van der Waals surface area contributed by atoms with Crippen LogP contribution in [0.2, 0.25) is 0 Å². The summed E-state index contributed by atoms with van der Waals surface area (Å²) in [5.74, 6) is -1.36. The SMILES string of the molecule is Cc1nc(NCCCc2cccc(O)c2)nc(C)c1C(=O)NC(CNC(=O)Nc1ccccc1)C(=O)O. The second-order valence-electron chi connectivity index (χ2n) is 8.36. The van der Waals surface area contributed by atoms with Crippen molar-refractivity contribution in [1.29, 1.82) is 0 Å². The maximum atomic E-state index is 12.9. The van der Waals surface area contributed by atoms with Gasteiger partial charge in [0.2, 0.25) is 5.95 Å². The molecular weight excluding hydrogens is 476 g/mol. The van der Waals surface area contributed by atoms with Crippen LogP contribution >= 0.6 is 0 Å². The smallest absolute Gasteiger partial charge is 0.328 e. The van der Waals surface area contributed by atoms with Gasteiger partial charge in [0, 0.05) is 12.2 Å². The van der Waals surface area contributed by atoms with E-state index in [1.807, 2.05) is 6.07 Å². The van der Waals surface area contributed by atoms with Crippen LogP contribution in [0.15, 0.2) is 54.6 Å². The number of carboxylic acids is 1. The molecule has 1 unspecified atom stereocenters. The largest absolute Gasteiger partial charge is 0.508 e. The number of aromatic nitrogens is 2. The van der Waals surface area contributed by atoms with E-state index in [1.54, 1.807) is 62.4 Å². The number of anilines is 2. The van der Waals surface area contributed by atoms with Gasteiger partial charge in [-0.25, -0.2) is 19.6 Å². The van der Waals surface area contributed by atoms with Crippen molar-refractivity contribution in [2.24, 2.45) is 0 Å². The van der Waals surface area contributed by atoms with Gasteiger partial charge in [0.25, 0.3) is 5.91 Å². The summed E-state index contributed by atoms with van der Waals surface area (Å²) in [5, 5.41) is 29.7. The van der Waals surface area contributed by atoms with Gasteiger partial charge in [0.05, 0.1) is 23.5 Å². The van der Waals surface area contributed by atoms with Crippen LogP contribution in [0.4, 0.5) is 16.4 Å². The number of aromatic hydroxyl groups is 1. The lowest BCUT2D eigenvalue weighted by molar-refractivity contribution is -0.139. The average Bonchev–Trinajstić information content (AvgIpc) is 2.84. The number of rotatable bonds is 11. The lowest BCUT2D eigenvalue weighted by Crippen LogP contribution is -2.49. The maximum absolute atomic E-state index is 12.9. The number of hydrogen-bond donors (Lipinski definition) is 6. The van der Waals surface area contributed by atoms with E-state index in [1.165, 1.54) is 0 Å². The Bertz CT molecular complexity index is 1230. The first kappa shape index (κ1) is 26.9. The van der Waals surface area contributed by atoms with E-state index in [9.17, 15) is 24.6 Å². The molecule has 0 aliphatic rings. The van der Waals surface area contributed by atoms with E-state index in [0.717, 1.165) is 18.4 Å². The van der Waals surface area contributed by atoms with Gasteiger partial charge < -0.3 is 31.5 Å². The summed E-state index contributed by atoms with van der Waals surface area (Å²) in [4.78, 5) is 45.3. The van der Waals surface area contributed by atoms with E-state index in [0.29, 0.717) is 29.6 Å². The monoisotopic (exact) mass is 506 g/mol. The molecule has 0 fully saturated rings. The number of phenols is 1. The minimum absolute atomic E-state index is 0.172. The molecule has 0 aliphatic heterocycles. The van der Waals surface area contributed by atoms with Gasteiger partial charge in [0.15, 0.2) is 0 Å². The number of carbonyl (C=O) groups is 3. The molecule has 1 heterocycles. The highest BCUT2D eigenvalue weighted by Gasteiger charge is 2.24. The molecule has 0 bridgehead atoms. The number of benzene rings is 2. The molecule has 2 aromatic carbocycles. The van der Waals surface area contributed by atoms with Crippen molar-refractivity contribution in [2.75, 3.05) is 23.7 Å². The Morgan fingerprint density at radius 2 is 1.68 bits per heavy atom. The molecule has 194 valence electrons. The van der Waals surface area contributed by atoms with Crippen LogP contribution in [0.25, 0.3) is 0 Å². The second kappa shape index (κ2) is 12.9. The Morgan fingerprint density at radius 3 is 2.32 bits per heavy atom. The third-order valence-corrected chi connectivity index (χ3v) is 5.44. The fourth-order valence-corrected chi connectivity index (χ4v) is 3.65. The van der Waals surface area contributed by atoms with Crippen molar-refractivity contribution in [3.63, 3.8) is 0 Å². The Balaban J connectivity index is 1.54. The van der Waals surface area contributed by atoms with Gasteiger partial charge in [-0.3, -0.25) is 4.79 Å². The van der Waals surface area contributed by atoms with E-state index >= 15 is 0 Å². The Hall–Kier alpha value is -4.67. The number of aryl methyl sites for hydroxylation is 3. The quantitative estimate of drug-likeness (QED) is 0.216. The summed E-state index contributed by atoms with van der Waals surface area (Å²) in [6.45, 7) is 3.54. The van der Waals surface area contributed by atoms with Crippen LogP contribution in [0.3, 0.4) is 0 Å². The van der Waals surface area contributed by atoms with Gasteiger partial charge in [-0.15, -0.1) is 0 Å². The number of carbonyl (C=O) groups excluding carboxylic acids is 2. The normalized spacial score (nSPS) is 11.3. The van der Waals surface area contributed by atoms with Gasteiger partial charge in [-0.2, -0.15) is 0 Å². The molecule has 11 heteroatoms. The zero-order chi connectivity index (χ0) is 26.8. The molecule has 3 rings (SSSR count). The molecule has 6 N–H and O–H groups in total. The summed E-state index contributed by atoms with van der Waals surface area (Å²) >= 11 is 0. The van der Waals surface area contributed by atoms with Crippen LogP contribution < -0.4 is 21.3 Å². The molecule has 0 spiro atoms. The summed E-state index contributed by atoms with van der Waals surface area (Å²) < 4.78 is 0. The first-order chi connectivity index (χ1) is 17.7. The minimum Gasteiger partial charge on any atom is -0.508 e. The molecule has 3 amide bonds. The first-order valence-corrected chi connectivity index (χ1v) is 11.7. The van der Waals surface area contributed by atoms with Crippen LogP contribution in [-0.2, 0) is 11.2 Å². The number of phenolic OH excluding ortho intramolecular Hbond substituents is 1. The van der Waals surface area contributed by atoms with Gasteiger partial charge in [0.1, 0.15) is 11.8 Å². The topological polar surface area (TPSA) is 166 Å². The van der Waals surface area contributed by atoms with E-state index in [4.69, 9.17) is 0 Å². The Kier molecular flexibility index (Phi) is 9.36.